The summed E-state index contributed by atoms with van der Waals surface area (Å²) < 4.78 is 11.2. The first kappa shape index (κ1) is 13.9. The zero-order valence-electron chi connectivity index (χ0n) is 11.0. The molecule has 1 saturated heterocycles. The van der Waals surface area contributed by atoms with Gasteiger partial charge in [0.15, 0.2) is 0 Å². The molecular formula is C13H27NO2. The van der Waals surface area contributed by atoms with Crippen molar-refractivity contribution in [3.05, 3.63) is 0 Å². The first-order chi connectivity index (χ1) is 7.83. The van der Waals surface area contributed by atoms with Gasteiger partial charge < -0.3 is 14.8 Å². The number of methoxy groups -OCH3 is 1. The quantitative estimate of drug-likeness (QED) is 0.726. The lowest BCUT2D eigenvalue weighted by molar-refractivity contribution is -0.0104. The van der Waals surface area contributed by atoms with Crippen LogP contribution in [0.4, 0.5) is 0 Å². The summed E-state index contributed by atoms with van der Waals surface area (Å²) in [5.74, 6) is 0.616. The Morgan fingerprint density at radius 2 is 2.25 bits per heavy atom. The van der Waals surface area contributed by atoms with Crippen molar-refractivity contribution in [2.45, 2.75) is 51.7 Å². The molecule has 0 aromatic heterocycles. The molecule has 0 amide bonds. The molecule has 1 aliphatic rings. The van der Waals surface area contributed by atoms with Crippen LogP contribution >= 0.6 is 0 Å². The Labute approximate surface area is 99.9 Å². The summed E-state index contributed by atoms with van der Waals surface area (Å²) in [5.41, 5.74) is 0. The van der Waals surface area contributed by atoms with Crippen LogP contribution in [0.3, 0.4) is 0 Å². The third kappa shape index (κ3) is 4.04. The van der Waals surface area contributed by atoms with Crippen molar-refractivity contribution in [2.24, 2.45) is 5.92 Å². The average Bonchev–Trinajstić information content (AvgIpc) is 2.35. The van der Waals surface area contributed by atoms with E-state index >= 15 is 0 Å². The highest BCUT2D eigenvalue weighted by Crippen LogP contribution is 2.22. The van der Waals surface area contributed by atoms with E-state index in [9.17, 15) is 0 Å². The van der Waals surface area contributed by atoms with Gasteiger partial charge in [-0.05, 0) is 32.2 Å². The largest absolute Gasteiger partial charge is 0.381 e. The van der Waals surface area contributed by atoms with Crippen LogP contribution in [-0.4, -0.2) is 39.0 Å². The fourth-order valence-electron chi connectivity index (χ4n) is 2.53. The van der Waals surface area contributed by atoms with E-state index in [4.69, 9.17) is 9.47 Å². The van der Waals surface area contributed by atoms with Crippen molar-refractivity contribution in [3.8, 4) is 0 Å². The molecule has 16 heavy (non-hydrogen) atoms. The summed E-state index contributed by atoms with van der Waals surface area (Å²) in [6, 6.07) is 0.454. The van der Waals surface area contributed by atoms with Crippen molar-refractivity contribution in [3.63, 3.8) is 0 Å². The highest BCUT2D eigenvalue weighted by molar-refractivity contribution is 4.84. The fourth-order valence-corrected chi connectivity index (χ4v) is 2.53. The molecule has 96 valence electrons. The van der Waals surface area contributed by atoms with E-state index in [0.717, 1.165) is 26.2 Å². The molecule has 3 unspecified atom stereocenters. The monoisotopic (exact) mass is 229 g/mol. The number of hydrogen-bond acceptors (Lipinski definition) is 3. The molecule has 1 fully saturated rings. The molecule has 0 spiro atoms. The van der Waals surface area contributed by atoms with Gasteiger partial charge in [-0.25, -0.2) is 0 Å². The molecule has 0 aromatic rings. The first-order valence-electron chi connectivity index (χ1n) is 6.67. The molecule has 1 rings (SSSR count). The van der Waals surface area contributed by atoms with Crippen LogP contribution in [0, 0.1) is 5.92 Å². The second kappa shape index (κ2) is 8.04. The Morgan fingerprint density at radius 3 is 2.75 bits per heavy atom. The van der Waals surface area contributed by atoms with Gasteiger partial charge in [-0.2, -0.15) is 0 Å². The molecule has 1 aliphatic heterocycles. The minimum atomic E-state index is 0.318. The SMILES string of the molecule is CCCNC(C1CCCOC1)C(CC)OC. The number of nitrogens with one attached hydrogen (secondary N) is 1. The lowest BCUT2D eigenvalue weighted by Gasteiger charge is -2.35. The molecule has 3 atom stereocenters. The Kier molecular flexibility index (Phi) is 7.01. The molecule has 0 bridgehead atoms. The highest BCUT2D eigenvalue weighted by Gasteiger charge is 2.29. The van der Waals surface area contributed by atoms with Crippen molar-refractivity contribution in [1.29, 1.82) is 0 Å². The van der Waals surface area contributed by atoms with E-state index in [0.29, 0.717) is 18.1 Å². The average molecular weight is 229 g/mol. The van der Waals surface area contributed by atoms with Crippen LogP contribution in [0.15, 0.2) is 0 Å². The Morgan fingerprint density at radius 1 is 1.44 bits per heavy atom. The Hall–Kier alpha value is -0.120. The maximum Gasteiger partial charge on any atom is 0.0725 e. The topological polar surface area (TPSA) is 30.5 Å². The maximum atomic E-state index is 5.59. The first-order valence-corrected chi connectivity index (χ1v) is 6.67. The van der Waals surface area contributed by atoms with Crippen molar-refractivity contribution >= 4 is 0 Å². The molecule has 0 radical (unpaired) electrons. The zero-order chi connectivity index (χ0) is 11.8. The smallest absolute Gasteiger partial charge is 0.0725 e. The highest BCUT2D eigenvalue weighted by atomic mass is 16.5. The molecule has 1 N–H and O–H groups in total. The van der Waals surface area contributed by atoms with Crippen LogP contribution in [0.25, 0.3) is 0 Å². The molecular weight excluding hydrogens is 202 g/mol. The normalized spacial score (nSPS) is 25.3. The van der Waals surface area contributed by atoms with Crippen LogP contribution in [-0.2, 0) is 9.47 Å². The summed E-state index contributed by atoms with van der Waals surface area (Å²) in [7, 11) is 1.82. The van der Waals surface area contributed by atoms with E-state index in [2.05, 4.69) is 19.2 Å². The molecule has 3 heteroatoms. The van der Waals surface area contributed by atoms with Crippen LogP contribution < -0.4 is 5.32 Å². The maximum absolute atomic E-state index is 5.59. The van der Waals surface area contributed by atoms with E-state index < -0.39 is 0 Å². The predicted octanol–water partition coefficient (Wildman–Crippen LogP) is 2.21. The summed E-state index contributed by atoms with van der Waals surface area (Å²) in [4.78, 5) is 0. The molecule has 0 aromatic carbocycles. The van der Waals surface area contributed by atoms with Gasteiger partial charge >= 0.3 is 0 Å². The third-order valence-electron chi connectivity index (χ3n) is 3.44. The summed E-state index contributed by atoms with van der Waals surface area (Å²) >= 11 is 0. The summed E-state index contributed by atoms with van der Waals surface area (Å²) in [5, 5.41) is 3.64. The van der Waals surface area contributed by atoms with E-state index in [-0.39, 0.29) is 0 Å². The Bertz CT molecular complexity index is 165. The van der Waals surface area contributed by atoms with Gasteiger partial charge in [-0.3, -0.25) is 0 Å². The van der Waals surface area contributed by atoms with Crippen LogP contribution in [0.2, 0.25) is 0 Å². The molecule has 3 nitrogen and oxygen atoms in total. The van der Waals surface area contributed by atoms with E-state index in [1.54, 1.807) is 0 Å². The van der Waals surface area contributed by atoms with Crippen molar-refractivity contribution in [2.75, 3.05) is 26.9 Å². The van der Waals surface area contributed by atoms with Crippen molar-refractivity contribution in [1.82, 2.24) is 5.32 Å². The van der Waals surface area contributed by atoms with Crippen LogP contribution in [0.5, 0.6) is 0 Å². The summed E-state index contributed by atoms with van der Waals surface area (Å²) in [6.45, 7) is 7.29. The van der Waals surface area contributed by atoms with Crippen LogP contribution in [0.1, 0.15) is 39.5 Å². The van der Waals surface area contributed by atoms with E-state index in [1.165, 1.54) is 19.3 Å². The Balaban J connectivity index is 2.52. The minimum absolute atomic E-state index is 0.318. The molecule has 1 heterocycles. The van der Waals surface area contributed by atoms with Gasteiger partial charge in [0.1, 0.15) is 0 Å². The number of hydrogen-bond donors (Lipinski definition) is 1. The zero-order valence-corrected chi connectivity index (χ0v) is 11.0. The van der Waals surface area contributed by atoms with Gasteiger partial charge in [0, 0.05) is 25.7 Å². The van der Waals surface area contributed by atoms with Gasteiger partial charge in [-0.1, -0.05) is 13.8 Å². The standard InChI is InChI=1S/C13H27NO2/c1-4-8-14-13(12(5-2)15-3)11-7-6-9-16-10-11/h11-14H,4-10H2,1-3H3. The second-order valence-electron chi connectivity index (χ2n) is 4.64. The third-order valence-corrected chi connectivity index (χ3v) is 3.44. The van der Waals surface area contributed by atoms with Crippen molar-refractivity contribution < 1.29 is 9.47 Å². The minimum Gasteiger partial charge on any atom is -0.381 e. The van der Waals surface area contributed by atoms with Gasteiger partial charge in [0.05, 0.1) is 12.7 Å². The lowest BCUT2D eigenvalue weighted by Crippen LogP contribution is -2.48. The van der Waals surface area contributed by atoms with Gasteiger partial charge in [0.25, 0.3) is 0 Å². The van der Waals surface area contributed by atoms with Gasteiger partial charge in [0.2, 0.25) is 0 Å². The fraction of sp³-hybridized carbons (Fsp3) is 1.00. The lowest BCUT2D eigenvalue weighted by atomic mass is 9.89. The van der Waals surface area contributed by atoms with Gasteiger partial charge in [-0.15, -0.1) is 0 Å². The van der Waals surface area contributed by atoms with E-state index in [1.807, 2.05) is 7.11 Å². The predicted molar refractivity (Wildman–Crippen MR) is 66.7 cm³/mol. The molecule has 0 aliphatic carbocycles. The number of ether oxygens (including phenoxy) is 2. The molecule has 0 saturated carbocycles. The second-order valence-corrected chi connectivity index (χ2v) is 4.64. The summed E-state index contributed by atoms with van der Waals surface area (Å²) in [6.07, 6.45) is 5.01. The number of rotatable bonds is 7.